The Balaban J connectivity index is 1.53. The number of allylic oxidation sites excluding steroid dienone is 1. The summed E-state index contributed by atoms with van der Waals surface area (Å²) in [5.41, 5.74) is 1.31. The van der Waals surface area contributed by atoms with Crippen LogP contribution in [-0.2, 0) is 0 Å². The number of carbonyl (C=O) groups is 2. The zero-order valence-electron chi connectivity index (χ0n) is 15.4. The van der Waals surface area contributed by atoms with E-state index in [0.717, 1.165) is 36.5 Å². The zero-order chi connectivity index (χ0) is 18.4. The lowest BCUT2D eigenvalue weighted by molar-refractivity contribution is 0.0607. The van der Waals surface area contributed by atoms with Gasteiger partial charge in [-0.05, 0) is 36.8 Å². The summed E-state index contributed by atoms with van der Waals surface area (Å²) in [5.74, 6) is -0.299. The minimum absolute atomic E-state index is 0.149. The average molecular weight is 349 g/mol. The van der Waals surface area contributed by atoms with Gasteiger partial charge in [-0.3, -0.25) is 14.5 Å². The third kappa shape index (κ3) is 3.87. The average Bonchev–Trinajstić information content (AvgIpc) is 2.67. The van der Waals surface area contributed by atoms with E-state index >= 15 is 0 Å². The highest BCUT2D eigenvalue weighted by atomic mass is 16.2. The van der Waals surface area contributed by atoms with Gasteiger partial charge in [0.2, 0.25) is 0 Å². The molecule has 2 aromatic carbocycles. The van der Waals surface area contributed by atoms with Crippen molar-refractivity contribution in [2.75, 3.05) is 6.54 Å². The molecule has 1 heterocycles. The highest BCUT2D eigenvalue weighted by Crippen LogP contribution is 2.30. The molecule has 0 spiro atoms. The van der Waals surface area contributed by atoms with Gasteiger partial charge in [-0.15, -0.1) is 6.58 Å². The van der Waals surface area contributed by atoms with Gasteiger partial charge in [-0.2, -0.15) is 0 Å². The molecule has 1 aliphatic rings. The van der Waals surface area contributed by atoms with Gasteiger partial charge in [0.1, 0.15) is 0 Å². The maximum Gasteiger partial charge on any atom is 0.261 e. The molecular weight excluding hydrogens is 322 g/mol. The van der Waals surface area contributed by atoms with Crippen molar-refractivity contribution >= 4 is 22.6 Å². The van der Waals surface area contributed by atoms with Gasteiger partial charge in [-0.1, -0.05) is 62.4 Å². The van der Waals surface area contributed by atoms with Gasteiger partial charge >= 0.3 is 0 Å². The number of benzene rings is 2. The summed E-state index contributed by atoms with van der Waals surface area (Å²) in [6.45, 7) is 4.26. The monoisotopic (exact) mass is 349 g/mol. The Labute approximate surface area is 155 Å². The molecule has 26 heavy (non-hydrogen) atoms. The summed E-state index contributed by atoms with van der Waals surface area (Å²) in [6, 6.07) is 11.3. The van der Waals surface area contributed by atoms with Crippen LogP contribution in [0.15, 0.2) is 49.1 Å². The molecule has 2 aromatic rings. The van der Waals surface area contributed by atoms with Crippen LogP contribution in [0.2, 0.25) is 0 Å². The van der Waals surface area contributed by atoms with Crippen molar-refractivity contribution in [2.45, 2.75) is 51.4 Å². The number of imide groups is 1. The molecule has 0 N–H and O–H groups in total. The molecule has 1 aliphatic heterocycles. The predicted molar refractivity (Wildman–Crippen MR) is 106 cm³/mol. The van der Waals surface area contributed by atoms with Crippen LogP contribution in [-0.4, -0.2) is 23.3 Å². The highest BCUT2D eigenvalue weighted by Gasteiger charge is 2.31. The molecule has 0 saturated carbocycles. The Kier molecular flexibility index (Phi) is 6.21. The molecule has 2 amide bonds. The van der Waals surface area contributed by atoms with E-state index in [2.05, 4.69) is 6.58 Å². The maximum atomic E-state index is 12.8. The van der Waals surface area contributed by atoms with E-state index in [1.807, 2.05) is 42.5 Å². The van der Waals surface area contributed by atoms with E-state index in [1.54, 1.807) is 0 Å². The Bertz CT molecular complexity index is 758. The third-order valence-electron chi connectivity index (χ3n) is 5.15. The number of unbranched alkanes of at least 4 members (excludes halogenated alkanes) is 7. The topological polar surface area (TPSA) is 37.4 Å². The highest BCUT2D eigenvalue weighted by molar-refractivity contribution is 6.25. The van der Waals surface area contributed by atoms with E-state index in [4.69, 9.17) is 0 Å². The summed E-state index contributed by atoms with van der Waals surface area (Å²) in [5, 5.41) is 1.76. The van der Waals surface area contributed by atoms with Crippen LogP contribution in [0.4, 0.5) is 0 Å². The second-order valence-electron chi connectivity index (χ2n) is 7.02. The minimum atomic E-state index is -0.149. The van der Waals surface area contributed by atoms with Crippen molar-refractivity contribution < 1.29 is 9.59 Å². The van der Waals surface area contributed by atoms with Gasteiger partial charge < -0.3 is 0 Å². The van der Waals surface area contributed by atoms with Gasteiger partial charge in [0, 0.05) is 23.1 Å². The number of amides is 2. The number of rotatable bonds is 10. The van der Waals surface area contributed by atoms with E-state index in [1.165, 1.54) is 30.6 Å². The fraction of sp³-hybridized carbons (Fsp3) is 0.391. The molecule has 3 nitrogen and oxygen atoms in total. The lowest BCUT2D eigenvalue weighted by atomic mass is 9.94. The van der Waals surface area contributed by atoms with E-state index in [0.29, 0.717) is 17.7 Å². The quantitative estimate of drug-likeness (QED) is 0.311. The number of hydrogen-bond donors (Lipinski definition) is 0. The number of carbonyl (C=O) groups excluding carboxylic acids is 2. The summed E-state index contributed by atoms with van der Waals surface area (Å²) >= 11 is 0. The van der Waals surface area contributed by atoms with Crippen LogP contribution >= 0.6 is 0 Å². The van der Waals surface area contributed by atoms with E-state index in [-0.39, 0.29) is 11.8 Å². The molecule has 3 heteroatoms. The standard InChI is InChI=1S/C23H27NO2/c1-2-3-4-5-6-7-8-9-10-17-24-22(25)19-15-11-13-18-14-12-16-20(21(18)19)23(24)26/h2,11-16H,1,3-10,17H2. The van der Waals surface area contributed by atoms with Gasteiger partial charge in [0.05, 0.1) is 0 Å². The second kappa shape index (κ2) is 8.79. The van der Waals surface area contributed by atoms with Crippen molar-refractivity contribution in [3.05, 3.63) is 60.2 Å². The van der Waals surface area contributed by atoms with Gasteiger partial charge in [-0.25, -0.2) is 0 Å². The number of hydrogen-bond acceptors (Lipinski definition) is 2. The molecule has 0 radical (unpaired) electrons. The van der Waals surface area contributed by atoms with E-state index < -0.39 is 0 Å². The van der Waals surface area contributed by atoms with Crippen LogP contribution in [0, 0.1) is 0 Å². The Hall–Kier alpha value is -2.42. The van der Waals surface area contributed by atoms with Crippen molar-refractivity contribution in [2.24, 2.45) is 0 Å². The van der Waals surface area contributed by atoms with Crippen LogP contribution < -0.4 is 0 Å². The SMILES string of the molecule is C=CCCCCCCCCCN1C(=O)c2cccc3cccc(c23)C1=O. The molecule has 0 unspecified atom stereocenters. The first kappa shape index (κ1) is 18.4. The smallest absolute Gasteiger partial charge is 0.261 e. The third-order valence-corrected chi connectivity index (χ3v) is 5.15. The largest absolute Gasteiger partial charge is 0.274 e. The first-order valence-electron chi connectivity index (χ1n) is 9.73. The molecule has 0 fully saturated rings. The fourth-order valence-electron chi connectivity index (χ4n) is 3.73. The Morgan fingerprint density at radius 2 is 1.31 bits per heavy atom. The molecule has 0 atom stereocenters. The van der Waals surface area contributed by atoms with Crippen molar-refractivity contribution in [1.29, 1.82) is 0 Å². The normalized spacial score (nSPS) is 13.5. The fourth-order valence-corrected chi connectivity index (χ4v) is 3.73. The zero-order valence-corrected chi connectivity index (χ0v) is 15.4. The lowest BCUT2D eigenvalue weighted by Crippen LogP contribution is -2.40. The molecule has 0 aliphatic carbocycles. The first-order valence-corrected chi connectivity index (χ1v) is 9.73. The maximum absolute atomic E-state index is 12.8. The van der Waals surface area contributed by atoms with Crippen LogP contribution in [0.1, 0.15) is 72.1 Å². The summed E-state index contributed by atoms with van der Waals surface area (Å²) < 4.78 is 0. The van der Waals surface area contributed by atoms with Crippen LogP contribution in [0.25, 0.3) is 10.8 Å². The van der Waals surface area contributed by atoms with Gasteiger partial charge in [0.15, 0.2) is 0 Å². The minimum Gasteiger partial charge on any atom is -0.274 e. The molecular formula is C23H27NO2. The summed E-state index contributed by atoms with van der Waals surface area (Å²) in [4.78, 5) is 27.0. The van der Waals surface area contributed by atoms with Crippen molar-refractivity contribution in [3.63, 3.8) is 0 Å². The first-order chi connectivity index (χ1) is 12.7. The lowest BCUT2D eigenvalue weighted by Gasteiger charge is -2.27. The molecule has 136 valence electrons. The number of nitrogens with zero attached hydrogens (tertiary/aromatic N) is 1. The van der Waals surface area contributed by atoms with Crippen molar-refractivity contribution in [3.8, 4) is 0 Å². The molecule has 0 saturated heterocycles. The Morgan fingerprint density at radius 1 is 0.769 bits per heavy atom. The van der Waals surface area contributed by atoms with E-state index in [9.17, 15) is 9.59 Å². The van der Waals surface area contributed by atoms with Gasteiger partial charge in [0.25, 0.3) is 11.8 Å². The predicted octanol–water partition coefficient (Wildman–Crippen LogP) is 5.74. The summed E-state index contributed by atoms with van der Waals surface area (Å²) in [7, 11) is 0. The van der Waals surface area contributed by atoms with Crippen LogP contribution in [0.5, 0.6) is 0 Å². The molecule has 0 aromatic heterocycles. The molecule has 3 rings (SSSR count). The molecule has 0 bridgehead atoms. The second-order valence-corrected chi connectivity index (χ2v) is 7.02. The van der Waals surface area contributed by atoms with Crippen LogP contribution in [0.3, 0.4) is 0 Å². The summed E-state index contributed by atoms with van der Waals surface area (Å²) in [6.07, 6.45) is 11.1. The Morgan fingerprint density at radius 3 is 1.88 bits per heavy atom. The van der Waals surface area contributed by atoms with Crippen molar-refractivity contribution in [1.82, 2.24) is 4.90 Å².